The van der Waals surface area contributed by atoms with Gasteiger partial charge < -0.3 is 5.11 Å². The van der Waals surface area contributed by atoms with Crippen LogP contribution in [0, 0.1) is 0 Å². The van der Waals surface area contributed by atoms with Crippen LogP contribution in [0.15, 0.2) is 4.99 Å². The molecule has 0 saturated heterocycles. The molecule has 0 aromatic rings. The number of aliphatic hydroxyl groups excluding tert-OH is 1. The molecule has 0 aliphatic heterocycles. The average Bonchev–Trinajstić information content (AvgIpc) is 1.94. The Bertz CT molecular complexity index is 213. The van der Waals surface area contributed by atoms with Crippen LogP contribution in [0.25, 0.3) is 0 Å². The van der Waals surface area contributed by atoms with Crippen LogP contribution in [0.1, 0.15) is 6.92 Å². The summed E-state index contributed by atoms with van der Waals surface area (Å²) in [7, 11) is -2.96. The van der Waals surface area contributed by atoms with Crippen LogP contribution in [0.5, 0.6) is 0 Å². The molecule has 0 aliphatic carbocycles. The average molecular weight is 231 g/mol. The minimum Gasteiger partial charge on any atom is -0.391 e. The van der Waals surface area contributed by atoms with Crippen molar-refractivity contribution < 1.29 is 5.11 Å². The van der Waals surface area contributed by atoms with Gasteiger partial charge in [-0.25, -0.2) is 0 Å². The number of nitrogens with zero attached hydrogens (tertiary/aromatic N) is 1. The van der Waals surface area contributed by atoms with Crippen molar-refractivity contribution in [2.24, 2.45) is 4.99 Å². The lowest BCUT2D eigenvalue weighted by atomic mass is 10.7. The summed E-state index contributed by atoms with van der Waals surface area (Å²) in [5.41, 5.74) is -0.255. The topological polar surface area (TPSA) is 32.6 Å². The van der Waals surface area contributed by atoms with Crippen LogP contribution in [0.2, 0.25) is 39.3 Å². The molecule has 0 heterocycles. The maximum atomic E-state index is 10.3. The van der Waals surface area contributed by atoms with E-state index in [4.69, 9.17) is 0 Å². The lowest BCUT2D eigenvalue weighted by molar-refractivity contribution is 0.309. The number of hydrogen-bond acceptors (Lipinski definition) is 2. The molecular weight excluding hydrogens is 206 g/mol. The van der Waals surface area contributed by atoms with E-state index in [1.807, 2.05) is 6.92 Å². The van der Waals surface area contributed by atoms with Crippen molar-refractivity contribution in [3.63, 3.8) is 0 Å². The van der Waals surface area contributed by atoms with Crippen LogP contribution in [-0.4, -0.2) is 38.9 Å². The van der Waals surface area contributed by atoms with Crippen molar-refractivity contribution in [1.29, 1.82) is 0 Å². The first-order chi connectivity index (χ1) is 6.10. The van der Waals surface area contributed by atoms with Gasteiger partial charge in [0.05, 0.1) is 21.9 Å². The first-order valence-electron chi connectivity index (χ1n) is 5.33. The predicted octanol–water partition coefficient (Wildman–Crippen LogP) is 2.56. The summed E-state index contributed by atoms with van der Waals surface area (Å²) in [6, 6.07) is 0. The Labute approximate surface area is 90.5 Å². The monoisotopic (exact) mass is 231 g/mol. The SMILES string of the molecule is CCN=C(C(O)[Si](C)(C)C)[Si](C)(C)C. The van der Waals surface area contributed by atoms with Gasteiger partial charge in [0.15, 0.2) is 0 Å². The van der Waals surface area contributed by atoms with Crippen molar-refractivity contribution in [3.05, 3.63) is 0 Å². The largest absolute Gasteiger partial charge is 0.391 e. The smallest absolute Gasteiger partial charge is 0.0983 e. The van der Waals surface area contributed by atoms with Crippen LogP contribution in [-0.2, 0) is 0 Å². The molecule has 0 spiro atoms. The predicted molar refractivity (Wildman–Crippen MR) is 70.7 cm³/mol. The molecule has 84 valence electrons. The van der Waals surface area contributed by atoms with Crippen molar-refractivity contribution in [2.45, 2.75) is 51.9 Å². The zero-order chi connectivity index (χ0) is 11.6. The molecule has 0 saturated carbocycles. The third-order valence-electron chi connectivity index (χ3n) is 2.18. The normalized spacial score (nSPS) is 17.0. The summed E-state index contributed by atoms with van der Waals surface area (Å²) in [5, 5.41) is 11.4. The highest BCUT2D eigenvalue weighted by Gasteiger charge is 2.35. The fourth-order valence-corrected chi connectivity index (χ4v) is 6.28. The van der Waals surface area contributed by atoms with Crippen LogP contribution in [0.4, 0.5) is 0 Å². The molecule has 4 heteroatoms. The molecule has 1 N–H and O–H groups in total. The van der Waals surface area contributed by atoms with E-state index in [9.17, 15) is 5.11 Å². The van der Waals surface area contributed by atoms with Gasteiger partial charge in [-0.15, -0.1) is 0 Å². The van der Waals surface area contributed by atoms with Crippen LogP contribution >= 0.6 is 0 Å². The van der Waals surface area contributed by atoms with E-state index >= 15 is 0 Å². The van der Waals surface area contributed by atoms with Gasteiger partial charge >= 0.3 is 0 Å². The first kappa shape index (κ1) is 14.1. The highest BCUT2D eigenvalue weighted by molar-refractivity contribution is 7.08. The molecule has 0 fully saturated rings. The van der Waals surface area contributed by atoms with Gasteiger partial charge in [-0.05, 0) is 6.92 Å². The molecule has 0 radical (unpaired) electrons. The molecule has 14 heavy (non-hydrogen) atoms. The number of rotatable bonds is 4. The molecule has 0 rings (SSSR count). The lowest BCUT2D eigenvalue weighted by Gasteiger charge is -2.31. The molecular formula is C10H25NOSi2. The quantitative estimate of drug-likeness (QED) is 0.585. The molecule has 0 bridgehead atoms. The highest BCUT2D eigenvalue weighted by Crippen LogP contribution is 2.16. The molecule has 0 amide bonds. The minimum absolute atomic E-state index is 0.255. The Hall–Kier alpha value is 0.0638. The fourth-order valence-electron chi connectivity index (χ4n) is 1.31. The van der Waals surface area contributed by atoms with Gasteiger partial charge in [-0.3, -0.25) is 4.99 Å². The van der Waals surface area contributed by atoms with Gasteiger partial charge in [0.1, 0.15) is 0 Å². The fraction of sp³-hybridized carbons (Fsp3) is 0.900. The highest BCUT2D eigenvalue weighted by atomic mass is 28.3. The van der Waals surface area contributed by atoms with Gasteiger partial charge in [0, 0.05) is 11.9 Å². The Morgan fingerprint density at radius 3 is 1.79 bits per heavy atom. The molecule has 2 nitrogen and oxygen atoms in total. The molecule has 1 atom stereocenters. The molecule has 0 aromatic carbocycles. The number of hydrogen-bond donors (Lipinski definition) is 1. The summed E-state index contributed by atoms with van der Waals surface area (Å²) in [4.78, 5) is 4.52. The van der Waals surface area contributed by atoms with Crippen molar-refractivity contribution in [2.75, 3.05) is 6.54 Å². The lowest BCUT2D eigenvalue weighted by Crippen LogP contribution is -2.53. The van der Waals surface area contributed by atoms with Gasteiger partial charge in [0.2, 0.25) is 0 Å². The first-order valence-corrected chi connectivity index (χ1v) is 12.4. The second kappa shape index (κ2) is 4.72. The van der Waals surface area contributed by atoms with E-state index in [-0.39, 0.29) is 5.73 Å². The zero-order valence-corrected chi connectivity index (χ0v) is 12.7. The van der Waals surface area contributed by atoms with E-state index in [0.717, 1.165) is 11.9 Å². The maximum Gasteiger partial charge on any atom is 0.0983 e. The second-order valence-electron chi connectivity index (χ2n) is 5.88. The van der Waals surface area contributed by atoms with Gasteiger partial charge in [0.25, 0.3) is 0 Å². The number of aliphatic hydroxyl groups is 1. The summed E-state index contributed by atoms with van der Waals surface area (Å²) in [5.74, 6) is 0. The van der Waals surface area contributed by atoms with E-state index < -0.39 is 16.1 Å². The zero-order valence-electron chi connectivity index (χ0n) is 10.7. The van der Waals surface area contributed by atoms with Crippen molar-refractivity contribution in [3.8, 4) is 0 Å². The van der Waals surface area contributed by atoms with E-state index in [1.165, 1.54) is 0 Å². The van der Waals surface area contributed by atoms with Gasteiger partial charge in [-0.1, -0.05) is 39.3 Å². The van der Waals surface area contributed by atoms with Crippen molar-refractivity contribution in [1.82, 2.24) is 0 Å². The summed E-state index contributed by atoms with van der Waals surface area (Å²) in [6.45, 7) is 16.2. The van der Waals surface area contributed by atoms with E-state index in [1.54, 1.807) is 0 Å². The Morgan fingerprint density at radius 1 is 1.14 bits per heavy atom. The third-order valence-corrected chi connectivity index (χ3v) is 6.35. The van der Waals surface area contributed by atoms with Crippen molar-refractivity contribution >= 4 is 21.5 Å². The number of aliphatic imine (C=N–C) groups is 1. The Kier molecular flexibility index (Phi) is 4.74. The van der Waals surface area contributed by atoms with Crippen LogP contribution < -0.4 is 0 Å². The Morgan fingerprint density at radius 2 is 1.57 bits per heavy atom. The third kappa shape index (κ3) is 4.06. The van der Waals surface area contributed by atoms with Gasteiger partial charge in [-0.2, -0.15) is 0 Å². The standard InChI is InChI=1S/C10H25NOSi2/c1-8-11-9(13(2,3)4)10(12)14(5,6)7/h10,12H,8H2,1-7H3. The Balaban J connectivity index is 4.97. The minimum atomic E-state index is -1.51. The summed E-state index contributed by atoms with van der Waals surface area (Å²) >= 11 is 0. The molecule has 0 aliphatic rings. The van der Waals surface area contributed by atoms with E-state index in [2.05, 4.69) is 44.3 Å². The van der Waals surface area contributed by atoms with Crippen LogP contribution in [0.3, 0.4) is 0 Å². The summed E-state index contributed by atoms with van der Waals surface area (Å²) in [6.07, 6.45) is 0. The van der Waals surface area contributed by atoms with E-state index in [0.29, 0.717) is 0 Å². The maximum absolute atomic E-state index is 10.3. The molecule has 0 aromatic heterocycles. The molecule has 1 unspecified atom stereocenters. The second-order valence-corrected chi connectivity index (χ2v) is 16.2. The summed E-state index contributed by atoms with van der Waals surface area (Å²) < 4.78 is 0.